The van der Waals surface area contributed by atoms with E-state index in [4.69, 9.17) is 16.6 Å². The Kier molecular flexibility index (Phi) is 4.42. The Morgan fingerprint density at radius 2 is 2.03 bits per heavy atom. The molecule has 9 nitrogen and oxygen atoms in total. The van der Waals surface area contributed by atoms with Crippen molar-refractivity contribution in [3.63, 3.8) is 0 Å². The van der Waals surface area contributed by atoms with Crippen LogP contribution in [0.3, 0.4) is 0 Å². The highest BCUT2D eigenvalue weighted by molar-refractivity contribution is 6.30. The van der Waals surface area contributed by atoms with E-state index in [0.29, 0.717) is 48.1 Å². The molecule has 1 saturated carbocycles. The van der Waals surface area contributed by atoms with Gasteiger partial charge >= 0.3 is 6.09 Å². The van der Waals surface area contributed by atoms with Gasteiger partial charge in [-0.2, -0.15) is 4.98 Å². The first-order chi connectivity index (χ1) is 15.3. The van der Waals surface area contributed by atoms with Crippen LogP contribution in [0, 0.1) is 11.2 Å². The van der Waals surface area contributed by atoms with Crippen molar-refractivity contribution in [3.05, 3.63) is 17.2 Å². The molecule has 0 radical (unpaired) electrons. The van der Waals surface area contributed by atoms with E-state index in [2.05, 4.69) is 19.8 Å². The summed E-state index contributed by atoms with van der Waals surface area (Å²) in [6.07, 6.45) is 3.96. The van der Waals surface area contributed by atoms with E-state index < -0.39 is 11.9 Å². The predicted molar refractivity (Wildman–Crippen MR) is 118 cm³/mol. The molecule has 170 valence electrons. The highest BCUT2D eigenvalue weighted by Crippen LogP contribution is 2.54. The van der Waals surface area contributed by atoms with Gasteiger partial charge in [-0.05, 0) is 24.7 Å². The van der Waals surface area contributed by atoms with Gasteiger partial charge < -0.3 is 19.8 Å². The Bertz CT molecular complexity index is 1100. The lowest BCUT2D eigenvalue weighted by Gasteiger charge is -2.52. The monoisotopic (exact) mass is 461 g/mol. The molecule has 2 aromatic rings. The number of fused-ring (bicyclic) bond motifs is 1. The summed E-state index contributed by atoms with van der Waals surface area (Å²) in [6, 6.07) is 0.433. The highest BCUT2D eigenvalue weighted by Gasteiger charge is 2.55. The Balaban J connectivity index is 1.28. The average Bonchev–Trinajstić information content (AvgIpc) is 3.35. The minimum atomic E-state index is -0.931. The van der Waals surface area contributed by atoms with Gasteiger partial charge in [-0.25, -0.2) is 19.2 Å². The first-order valence-electron chi connectivity index (χ1n) is 11.0. The van der Waals surface area contributed by atoms with Gasteiger partial charge in [-0.15, -0.1) is 0 Å². The van der Waals surface area contributed by atoms with Crippen LogP contribution in [0.2, 0.25) is 5.15 Å². The van der Waals surface area contributed by atoms with Crippen molar-refractivity contribution in [2.75, 3.05) is 56.1 Å². The molecule has 3 saturated heterocycles. The molecule has 3 aliphatic heterocycles. The molecule has 2 aromatic heterocycles. The number of carbonyl (C=O) groups is 1. The Morgan fingerprint density at radius 1 is 1.28 bits per heavy atom. The van der Waals surface area contributed by atoms with Gasteiger partial charge in [0.05, 0.1) is 5.39 Å². The number of anilines is 2. The molecule has 4 fully saturated rings. The number of hydrogen-bond acceptors (Lipinski definition) is 7. The Morgan fingerprint density at radius 3 is 2.69 bits per heavy atom. The number of likely N-dealkylation sites (tertiary alicyclic amines) is 2. The van der Waals surface area contributed by atoms with Crippen LogP contribution >= 0.6 is 11.6 Å². The van der Waals surface area contributed by atoms with Gasteiger partial charge in [0.25, 0.3) is 0 Å². The molecule has 32 heavy (non-hydrogen) atoms. The standard InChI is InChI=1S/C21H25ClFN7O2/c1-27(12-2-5-28(7-12)20(31)32)18-14-6-24-17(22)15(23)16(14)25-19(26-18)29-8-13(9-29)30-10-21(11-30)3-4-21/h6,12-13H,2-5,7-11H2,1H3,(H,31,32)/t12-/m1/s1. The summed E-state index contributed by atoms with van der Waals surface area (Å²) < 4.78 is 14.9. The summed E-state index contributed by atoms with van der Waals surface area (Å²) in [6.45, 7) is 4.86. The zero-order valence-corrected chi connectivity index (χ0v) is 18.6. The molecule has 0 bridgehead atoms. The van der Waals surface area contributed by atoms with Crippen molar-refractivity contribution in [2.45, 2.75) is 31.3 Å². The highest BCUT2D eigenvalue weighted by atomic mass is 35.5. The second-order valence-electron chi connectivity index (χ2n) is 9.72. The molecule has 0 aromatic carbocycles. The summed E-state index contributed by atoms with van der Waals surface area (Å²) in [5, 5.41) is 9.56. The van der Waals surface area contributed by atoms with Crippen molar-refractivity contribution in [1.29, 1.82) is 0 Å². The predicted octanol–water partition coefficient (Wildman–Crippen LogP) is 2.29. The fourth-order valence-electron chi connectivity index (χ4n) is 5.24. The lowest BCUT2D eigenvalue weighted by atomic mass is 9.92. The number of aromatic nitrogens is 3. The van der Waals surface area contributed by atoms with Crippen molar-refractivity contribution in [2.24, 2.45) is 5.41 Å². The number of amides is 1. The number of nitrogens with zero attached hydrogens (tertiary/aromatic N) is 7. The molecule has 1 aliphatic carbocycles. The zero-order chi connectivity index (χ0) is 22.2. The quantitative estimate of drug-likeness (QED) is 0.694. The maximum absolute atomic E-state index is 14.9. The van der Waals surface area contributed by atoms with Gasteiger partial charge in [-0.1, -0.05) is 11.6 Å². The van der Waals surface area contributed by atoms with Crippen molar-refractivity contribution < 1.29 is 14.3 Å². The molecule has 1 N–H and O–H groups in total. The first-order valence-corrected chi connectivity index (χ1v) is 11.4. The van der Waals surface area contributed by atoms with E-state index in [9.17, 15) is 14.3 Å². The SMILES string of the molecule is CN(c1nc(N2CC(N3CC4(CC4)C3)C2)nc2c(F)c(Cl)ncc12)[C@@H]1CCN(C(=O)O)C1. The number of rotatable bonds is 4. The lowest BCUT2D eigenvalue weighted by Crippen LogP contribution is -2.66. The van der Waals surface area contributed by atoms with E-state index >= 15 is 0 Å². The van der Waals surface area contributed by atoms with Crippen LogP contribution in [-0.2, 0) is 0 Å². The molecule has 1 amide bonds. The fourth-order valence-corrected chi connectivity index (χ4v) is 5.38. The third-order valence-corrected chi connectivity index (χ3v) is 7.88. The molecule has 1 atom stereocenters. The minimum Gasteiger partial charge on any atom is -0.465 e. The topological polar surface area (TPSA) is 88.9 Å². The molecule has 4 aliphatic rings. The van der Waals surface area contributed by atoms with E-state index in [1.807, 2.05) is 11.9 Å². The minimum absolute atomic E-state index is 0.0595. The van der Waals surface area contributed by atoms with Gasteiger partial charge in [0, 0.05) is 64.6 Å². The van der Waals surface area contributed by atoms with Gasteiger partial charge in [0.2, 0.25) is 5.95 Å². The summed E-state index contributed by atoms with van der Waals surface area (Å²) in [4.78, 5) is 32.5. The van der Waals surface area contributed by atoms with Crippen LogP contribution in [0.15, 0.2) is 6.20 Å². The Labute approximate surface area is 189 Å². The summed E-state index contributed by atoms with van der Waals surface area (Å²) in [5.41, 5.74) is 0.766. The molecule has 5 heterocycles. The average molecular weight is 462 g/mol. The van der Waals surface area contributed by atoms with E-state index in [1.54, 1.807) is 0 Å². The third-order valence-electron chi connectivity index (χ3n) is 7.62. The van der Waals surface area contributed by atoms with Crippen LogP contribution in [0.25, 0.3) is 10.9 Å². The van der Waals surface area contributed by atoms with Gasteiger partial charge in [-0.3, -0.25) is 4.90 Å². The van der Waals surface area contributed by atoms with E-state index in [1.165, 1.54) is 37.0 Å². The van der Waals surface area contributed by atoms with Crippen LogP contribution in [0.5, 0.6) is 0 Å². The normalized spacial score (nSPS) is 24.7. The van der Waals surface area contributed by atoms with E-state index in [0.717, 1.165) is 13.1 Å². The van der Waals surface area contributed by atoms with Crippen LogP contribution in [0.4, 0.5) is 21.0 Å². The van der Waals surface area contributed by atoms with Crippen molar-refractivity contribution in [3.8, 4) is 0 Å². The second kappa shape index (κ2) is 7.02. The first kappa shape index (κ1) is 20.2. The van der Waals surface area contributed by atoms with Crippen molar-refractivity contribution in [1.82, 2.24) is 24.8 Å². The maximum atomic E-state index is 14.9. The Hall–Kier alpha value is -2.46. The second-order valence-corrected chi connectivity index (χ2v) is 10.1. The number of hydrogen-bond donors (Lipinski definition) is 1. The van der Waals surface area contributed by atoms with E-state index in [-0.39, 0.29) is 16.7 Å². The molecule has 1 spiro atoms. The largest absolute Gasteiger partial charge is 0.465 e. The molecular weight excluding hydrogens is 437 g/mol. The van der Waals surface area contributed by atoms with Gasteiger partial charge in [0.15, 0.2) is 11.0 Å². The van der Waals surface area contributed by atoms with Crippen LogP contribution in [-0.4, -0.2) is 94.4 Å². The number of halogens is 2. The summed E-state index contributed by atoms with van der Waals surface area (Å²) in [5.74, 6) is 0.373. The molecule has 11 heteroatoms. The molecule has 0 unspecified atom stereocenters. The lowest BCUT2D eigenvalue weighted by molar-refractivity contribution is 0.0238. The smallest absolute Gasteiger partial charge is 0.407 e. The third kappa shape index (κ3) is 3.14. The summed E-state index contributed by atoms with van der Waals surface area (Å²) in [7, 11) is 1.86. The van der Waals surface area contributed by atoms with Crippen LogP contribution < -0.4 is 9.80 Å². The van der Waals surface area contributed by atoms with Crippen molar-refractivity contribution >= 4 is 40.4 Å². The fraction of sp³-hybridized carbons (Fsp3) is 0.619. The number of likely N-dealkylation sites (N-methyl/N-ethyl adjacent to an activating group) is 1. The summed E-state index contributed by atoms with van der Waals surface area (Å²) >= 11 is 5.95. The van der Waals surface area contributed by atoms with Gasteiger partial charge in [0.1, 0.15) is 11.3 Å². The zero-order valence-electron chi connectivity index (χ0n) is 17.8. The van der Waals surface area contributed by atoms with Crippen LogP contribution in [0.1, 0.15) is 19.3 Å². The number of carboxylic acid groups (broad SMARTS) is 1. The number of pyridine rings is 1. The molecule has 6 rings (SSSR count). The molecular formula is C21H25ClFN7O2. The maximum Gasteiger partial charge on any atom is 0.407 e.